The highest BCUT2D eigenvalue weighted by Crippen LogP contribution is 2.26. The molecule has 1 amide bonds. The van der Waals surface area contributed by atoms with Crippen LogP contribution in [0.15, 0.2) is 6.07 Å². The fraction of sp³-hybridized carbons (Fsp3) is 0.667. The molecule has 0 unspecified atom stereocenters. The van der Waals surface area contributed by atoms with Gasteiger partial charge in [-0.05, 0) is 25.7 Å². The van der Waals surface area contributed by atoms with Crippen molar-refractivity contribution in [1.29, 1.82) is 0 Å². The molecule has 2 fully saturated rings. The van der Waals surface area contributed by atoms with Gasteiger partial charge in [0.1, 0.15) is 16.8 Å². The topological polar surface area (TPSA) is 49.3 Å². The van der Waals surface area contributed by atoms with Gasteiger partial charge in [0.25, 0.3) is 0 Å². The number of hydrogen-bond donors (Lipinski definition) is 0. The number of amides is 1. The van der Waals surface area contributed by atoms with Crippen molar-refractivity contribution in [3.63, 3.8) is 0 Å². The molecule has 0 aromatic carbocycles. The van der Waals surface area contributed by atoms with Gasteiger partial charge in [0.05, 0.1) is 6.54 Å². The molecule has 0 spiro atoms. The summed E-state index contributed by atoms with van der Waals surface area (Å²) in [6.45, 7) is 4.71. The highest BCUT2D eigenvalue weighted by molar-refractivity contribution is 6.29. The Kier molecular flexibility index (Phi) is 4.29. The third kappa shape index (κ3) is 3.46. The average Bonchev–Trinajstić information content (AvgIpc) is 2.93. The number of aromatic nitrogens is 2. The molecule has 2 aliphatic rings. The van der Waals surface area contributed by atoms with E-state index in [4.69, 9.17) is 11.6 Å². The first kappa shape index (κ1) is 14.6. The number of aryl methyl sites for hydroxylation is 1. The van der Waals surface area contributed by atoms with Gasteiger partial charge >= 0.3 is 0 Å². The minimum atomic E-state index is 0.195. The number of hydrogen-bond acceptors (Lipinski definition) is 4. The normalized spacial score (nSPS) is 20.4. The molecule has 2 heterocycles. The van der Waals surface area contributed by atoms with E-state index in [9.17, 15) is 4.79 Å². The molecule has 1 aliphatic heterocycles. The Bertz CT molecular complexity index is 510. The first-order chi connectivity index (χ1) is 10.1. The number of halogens is 1. The number of carbonyl (C=O) groups is 1. The molecule has 1 saturated carbocycles. The summed E-state index contributed by atoms with van der Waals surface area (Å²) in [6.07, 6.45) is 5.18. The number of rotatable bonds is 3. The molecule has 1 aromatic heterocycles. The Morgan fingerprint density at radius 3 is 2.71 bits per heavy atom. The standard InChI is InChI=1S/C15H21ClN4O/c1-11-17-13(16)8-14(18-11)19-6-7-20(15(21)10-19)9-12-4-2-3-5-12/h8,12H,2-7,9-10H2,1H3. The molecule has 1 aromatic rings. The molecule has 114 valence electrons. The fourth-order valence-corrected chi connectivity index (χ4v) is 3.50. The van der Waals surface area contributed by atoms with E-state index in [-0.39, 0.29) is 5.91 Å². The Labute approximate surface area is 130 Å². The minimum Gasteiger partial charge on any atom is -0.345 e. The first-order valence-corrected chi connectivity index (χ1v) is 8.03. The van der Waals surface area contributed by atoms with Gasteiger partial charge in [-0.25, -0.2) is 9.97 Å². The van der Waals surface area contributed by atoms with Crippen LogP contribution in [0.3, 0.4) is 0 Å². The fourth-order valence-electron chi connectivity index (χ4n) is 3.28. The van der Waals surface area contributed by atoms with Crippen LogP contribution in [0.2, 0.25) is 5.15 Å². The van der Waals surface area contributed by atoms with Crippen LogP contribution in [0, 0.1) is 12.8 Å². The van der Waals surface area contributed by atoms with Gasteiger partial charge in [-0.15, -0.1) is 0 Å². The molecule has 5 nitrogen and oxygen atoms in total. The molecular weight excluding hydrogens is 288 g/mol. The van der Waals surface area contributed by atoms with Gasteiger partial charge in [-0.2, -0.15) is 0 Å². The van der Waals surface area contributed by atoms with Gasteiger partial charge in [0, 0.05) is 25.7 Å². The highest BCUT2D eigenvalue weighted by Gasteiger charge is 2.28. The summed E-state index contributed by atoms with van der Waals surface area (Å²) in [4.78, 5) is 24.8. The van der Waals surface area contributed by atoms with E-state index >= 15 is 0 Å². The molecule has 0 bridgehead atoms. The number of anilines is 1. The number of piperazine rings is 1. The molecule has 1 aliphatic carbocycles. The summed E-state index contributed by atoms with van der Waals surface area (Å²) >= 11 is 5.97. The Balaban J connectivity index is 1.63. The zero-order valence-electron chi connectivity index (χ0n) is 12.4. The van der Waals surface area contributed by atoms with Gasteiger partial charge < -0.3 is 9.80 Å². The van der Waals surface area contributed by atoms with Crippen molar-refractivity contribution < 1.29 is 4.79 Å². The predicted molar refractivity (Wildman–Crippen MR) is 82.5 cm³/mol. The average molecular weight is 309 g/mol. The summed E-state index contributed by atoms with van der Waals surface area (Å²) in [5, 5.41) is 0.429. The maximum absolute atomic E-state index is 12.3. The lowest BCUT2D eigenvalue weighted by Gasteiger charge is -2.36. The number of carbonyl (C=O) groups excluding carboxylic acids is 1. The lowest BCUT2D eigenvalue weighted by Crippen LogP contribution is -2.51. The van der Waals surface area contributed by atoms with Crippen LogP contribution in [0.4, 0.5) is 5.82 Å². The second-order valence-electron chi connectivity index (χ2n) is 6.01. The zero-order chi connectivity index (χ0) is 14.8. The van der Waals surface area contributed by atoms with Crippen LogP contribution < -0.4 is 4.90 Å². The lowest BCUT2D eigenvalue weighted by molar-refractivity contribution is -0.131. The second kappa shape index (κ2) is 6.18. The quantitative estimate of drug-likeness (QED) is 0.804. The van der Waals surface area contributed by atoms with Crippen LogP contribution >= 0.6 is 11.6 Å². The molecule has 0 atom stereocenters. The third-order valence-corrected chi connectivity index (χ3v) is 4.58. The molecular formula is C15H21ClN4O. The van der Waals surface area contributed by atoms with E-state index in [2.05, 4.69) is 9.97 Å². The lowest BCUT2D eigenvalue weighted by atomic mass is 10.1. The van der Waals surface area contributed by atoms with Crippen molar-refractivity contribution in [3.8, 4) is 0 Å². The molecule has 1 saturated heterocycles. The van der Waals surface area contributed by atoms with Crippen molar-refractivity contribution >= 4 is 23.3 Å². The van der Waals surface area contributed by atoms with Gasteiger partial charge in [-0.1, -0.05) is 24.4 Å². The van der Waals surface area contributed by atoms with Crippen LogP contribution in [-0.4, -0.2) is 47.0 Å². The van der Waals surface area contributed by atoms with E-state index in [1.807, 2.05) is 16.7 Å². The first-order valence-electron chi connectivity index (χ1n) is 7.66. The maximum atomic E-state index is 12.3. The summed E-state index contributed by atoms with van der Waals surface area (Å²) in [7, 11) is 0. The van der Waals surface area contributed by atoms with Crippen LogP contribution in [0.25, 0.3) is 0 Å². The SMILES string of the molecule is Cc1nc(Cl)cc(N2CCN(CC3CCCC3)C(=O)C2)n1. The van der Waals surface area contributed by atoms with Crippen molar-refractivity contribution in [2.24, 2.45) is 5.92 Å². The Hall–Kier alpha value is -1.36. The van der Waals surface area contributed by atoms with Gasteiger partial charge in [-0.3, -0.25) is 4.79 Å². The molecule has 0 N–H and O–H groups in total. The van der Waals surface area contributed by atoms with Crippen molar-refractivity contribution in [3.05, 3.63) is 17.0 Å². The highest BCUT2D eigenvalue weighted by atomic mass is 35.5. The third-order valence-electron chi connectivity index (χ3n) is 4.39. The summed E-state index contributed by atoms with van der Waals surface area (Å²) < 4.78 is 0. The molecule has 21 heavy (non-hydrogen) atoms. The van der Waals surface area contributed by atoms with Gasteiger partial charge in [0.2, 0.25) is 5.91 Å². The van der Waals surface area contributed by atoms with Crippen molar-refractivity contribution in [1.82, 2.24) is 14.9 Å². The molecule has 6 heteroatoms. The Morgan fingerprint density at radius 2 is 2.05 bits per heavy atom. The second-order valence-corrected chi connectivity index (χ2v) is 6.40. The van der Waals surface area contributed by atoms with Crippen LogP contribution in [0.5, 0.6) is 0 Å². The molecule has 0 radical (unpaired) electrons. The largest absolute Gasteiger partial charge is 0.345 e. The van der Waals surface area contributed by atoms with E-state index in [0.717, 1.165) is 25.5 Å². The minimum absolute atomic E-state index is 0.195. The van der Waals surface area contributed by atoms with Crippen LogP contribution in [0.1, 0.15) is 31.5 Å². The molecule has 3 rings (SSSR count). The summed E-state index contributed by atoms with van der Waals surface area (Å²) in [6, 6.07) is 1.73. The maximum Gasteiger partial charge on any atom is 0.242 e. The summed E-state index contributed by atoms with van der Waals surface area (Å²) in [5.41, 5.74) is 0. The predicted octanol–water partition coefficient (Wildman–Crippen LogP) is 2.28. The van der Waals surface area contributed by atoms with Gasteiger partial charge in [0.15, 0.2) is 0 Å². The smallest absolute Gasteiger partial charge is 0.242 e. The van der Waals surface area contributed by atoms with Crippen molar-refractivity contribution in [2.45, 2.75) is 32.6 Å². The van der Waals surface area contributed by atoms with Crippen LogP contribution in [-0.2, 0) is 4.79 Å². The summed E-state index contributed by atoms with van der Waals surface area (Å²) in [5.74, 6) is 2.29. The Morgan fingerprint density at radius 1 is 1.29 bits per heavy atom. The van der Waals surface area contributed by atoms with E-state index in [1.165, 1.54) is 25.7 Å². The zero-order valence-corrected chi connectivity index (χ0v) is 13.1. The van der Waals surface area contributed by atoms with E-state index in [0.29, 0.717) is 23.4 Å². The number of nitrogens with zero attached hydrogens (tertiary/aromatic N) is 4. The monoisotopic (exact) mass is 308 g/mol. The van der Waals surface area contributed by atoms with E-state index in [1.54, 1.807) is 6.07 Å². The van der Waals surface area contributed by atoms with Crippen molar-refractivity contribution in [2.75, 3.05) is 31.1 Å². The van der Waals surface area contributed by atoms with E-state index < -0.39 is 0 Å².